The van der Waals surface area contributed by atoms with Crippen molar-refractivity contribution in [1.29, 1.82) is 0 Å². The van der Waals surface area contributed by atoms with Gasteiger partial charge in [-0.2, -0.15) is 0 Å². The molecule has 0 atom stereocenters. The van der Waals surface area contributed by atoms with Crippen LogP contribution in [0.4, 0.5) is 11.4 Å². The molecule has 1 saturated heterocycles. The third-order valence-electron chi connectivity index (χ3n) is 5.02. The van der Waals surface area contributed by atoms with Crippen LogP contribution >= 0.6 is 0 Å². The van der Waals surface area contributed by atoms with Crippen LogP contribution in [-0.2, 0) is 4.79 Å². The summed E-state index contributed by atoms with van der Waals surface area (Å²) in [6.07, 6.45) is 1.41. The van der Waals surface area contributed by atoms with Gasteiger partial charge in [0.05, 0.1) is 23.4 Å². The molecule has 1 heterocycles. The Hall–Kier alpha value is -3.35. The highest BCUT2D eigenvalue weighted by molar-refractivity contribution is 6.32. The summed E-state index contributed by atoms with van der Waals surface area (Å²) in [6.45, 7) is 1.38. The molecule has 2 aromatic carbocycles. The molecule has 1 amide bonds. The first-order valence-electron chi connectivity index (χ1n) is 8.80. The van der Waals surface area contributed by atoms with Crippen LogP contribution in [-0.4, -0.2) is 42.1 Å². The second-order valence-electron chi connectivity index (χ2n) is 6.66. The van der Waals surface area contributed by atoms with Crippen LogP contribution in [0.3, 0.4) is 0 Å². The van der Waals surface area contributed by atoms with Crippen molar-refractivity contribution in [3.05, 3.63) is 52.6 Å². The number of carbonyl (C=O) groups excluding carboxylic acids is 3. The molecule has 2 aromatic rings. The fourth-order valence-corrected chi connectivity index (χ4v) is 3.65. The summed E-state index contributed by atoms with van der Waals surface area (Å²) in [6, 6.07) is 8.07. The van der Waals surface area contributed by atoms with E-state index in [1.54, 1.807) is 29.2 Å². The Morgan fingerprint density at radius 2 is 1.67 bits per heavy atom. The van der Waals surface area contributed by atoms with Gasteiger partial charge in [-0.05, 0) is 6.42 Å². The molecule has 4 rings (SSSR count). The lowest BCUT2D eigenvalue weighted by atomic mass is 9.82. The van der Waals surface area contributed by atoms with E-state index in [1.165, 1.54) is 6.07 Å². The van der Waals surface area contributed by atoms with Gasteiger partial charge in [-0.3, -0.25) is 14.4 Å². The second-order valence-corrected chi connectivity index (χ2v) is 6.66. The molecule has 4 N–H and O–H groups in total. The predicted octanol–water partition coefficient (Wildman–Crippen LogP) is 1.63. The van der Waals surface area contributed by atoms with Gasteiger partial charge >= 0.3 is 0 Å². The van der Waals surface area contributed by atoms with Gasteiger partial charge in [0.2, 0.25) is 5.91 Å². The number of fused-ring (bicyclic) bond motifs is 2. The first-order chi connectivity index (χ1) is 13.0. The van der Waals surface area contributed by atoms with E-state index >= 15 is 0 Å². The van der Waals surface area contributed by atoms with E-state index in [9.17, 15) is 14.4 Å². The molecule has 2 aliphatic rings. The second kappa shape index (κ2) is 6.42. The van der Waals surface area contributed by atoms with Gasteiger partial charge in [-0.25, -0.2) is 0 Å². The van der Waals surface area contributed by atoms with Gasteiger partial charge in [0.1, 0.15) is 12.4 Å². The highest BCUT2D eigenvalue weighted by Gasteiger charge is 2.34. The third kappa shape index (κ3) is 2.71. The standard InChI is InChI=1S/C20H19N3O4/c21-13-10-14(27-9-8-23-7-3-6-15(23)24)18(22)17-16(13)19(25)11-4-1-2-5-12(11)20(17)26/h1-2,4-5,10H,3,6-9,21-22H2. The van der Waals surface area contributed by atoms with Crippen LogP contribution in [0.1, 0.15) is 44.7 Å². The quantitative estimate of drug-likeness (QED) is 0.679. The molecule has 27 heavy (non-hydrogen) atoms. The van der Waals surface area contributed by atoms with Crippen molar-refractivity contribution in [2.75, 3.05) is 31.2 Å². The molecule has 0 saturated carbocycles. The minimum Gasteiger partial charge on any atom is -0.489 e. The number of anilines is 2. The Labute approximate surface area is 155 Å². The topological polar surface area (TPSA) is 116 Å². The van der Waals surface area contributed by atoms with Crippen LogP contribution < -0.4 is 16.2 Å². The van der Waals surface area contributed by atoms with Crippen LogP contribution in [0.15, 0.2) is 30.3 Å². The number of ether oxygens (including phenoxy) is 1. The number of hydrogen-bond acceptors (Lipinski definition) is 6. The number of hydrogen-bond donors (Lipinski definition) is 2. The average Bonchev–Trinajstić information content (AvgIpc) is 3.07. The summed E-state index contributed by atoms with van der Waals surface area (Å²) in [5.74, 6) is -0.310. The van der Waals surface area contributed by atoms with E-state index < -0.39 is 0 Å². The van der Waals surface area contributed by atoms with Crippen LogP contribution in [0.5, 0.6) is 5.75 Å². The molecular weight excluding hydrogens is 346 g/mol. The van der Waals surface area contributed by atoms with Crippen molar-refractivity contribution in [3.8, 4) is 5.75 Å². The van der Waals surface area contributed by atoms with Gasteiger partial charge in [-0.1, -0.05) is 24.3 Å². The summed E-state index contributed by atoms with van der Waals surface area (Å²) < 4.78 is 5.70. The molecule has 1 fully saturated rings. The molecular formula is C20H19N3O4. The summed E-state index contributed by atoms with van der Waals surface area (Å²) in [5.41, 5.74) is 13.3. The summed E-state index contributed by atoms with van der Waals surface area (Å²) in [7, 11) is 0. The molecule has 7 nitrogen and oxygen atoms in total. The molecule has 1 aliphatic heterocycles. The lowest BCUT2D eigenvalue weighted by Crippen LogP contribution is -2.29. The first kappa shape index (κ1) is 17.1. The minimum absolute atomic E-state index is 0.0888. The molecule has 1 aliphatic carbocycles. The number of rotatable bonds is 4. The predicted molar refractivity (Wildman–Crippen MR) is 99.9 cm³/mol. The van der Waals surface area contributed by atoms with Gasteiger partial charge in [0, 0.05) is 35.8 Å². The third-order valence-corrected chi connectivity index (χ3v) is 5.02. The number of nitrogen functional groups attached to an aromatic ring is 2. The van der Waals surface area contributed by atoms with E-state index in [0.29, 0.717) is 30.6 Å². The number of nitrogens with two attached hydrogens (primary N) is 2. The number of benzene rings is 2. The van der Waals surface area contributed by atoms with Crippen molar-refractivity contribution in [3.63, 3.8) is 0 Å². The zero-order valence-corrected chi connectivity index (χ0v) is 14.7. The van der Waals surface area contributed by atoms with Crippen LogP contribution in [0, 0.1) is 0 Å². The fourth-order valence-electron chi connectivity index (χ4n) is 3.65. The number of carbonyl (C=O) groups is 3. The van der Waals surface area contributed by atoms with E-state index in [4.69, 9.17) is 16.2 Å². The number of nitrogens with zero attached hydrogens (tertiary/aromatic N) is 1. The van der Waals surface area contributed by atoms with E-state index in [1.807, 2.05) is 0 Å². The average molecular weight is 365 g/mol. The number of amides is 1. The Morgan fingerprint density at radius 1 is 1.00 bits per heavy atom. The van der Waals surface area contributed by atoms with Gasteiger partial charge < -0.3 is 21.1 Å². The fraction of sp³-hybridized carbons (Fsp3) is 0.250. The maximum atomic E-state index is 12.9. The van der Waals surface area contributed by atoms with E-state index in [0.717, 1.165) is 6.42 Å². The van der Waals surface area contributed by atoms with E-state index in [2.05, 4.69) is 0 Å². The summed E-state index contributed by atoms with van der Waals surface area (Å²) in [4.78, 5) is 39.1. The summed E-state index contributed by atoms with van der Waals surface area (Å²) in [5, 5.41) is 0. The van der Waals surface area contributed by atoms with Gasteiger partial charge in [-0.15, -0.1) is 0 Å². The highest BCUT2D eigenvalue weighted by Crippen LogP contribution is 2.39. The highest BCUT2D eigenvalue weighted by atomic mass is 16.5. The lowest BCUT2D eigenvalue weighted by molar-refractivity contribution is -0.128. The summed E-state index contributed by atoms with van der Waals surface area (Å²) >= 11 is 0. The Bertz CT molecular complexity index is 983. The van der Waals surface area contributed by atoms with Crippen LogP contribution in [0.2, 0.25) is 0 Å². The monoisotopic (exact) mass is 365 g/mol. The number of ketones is 2. The molecule has 0 radical (unpaired) electrons. The van der Waals surface area contributed by atoms with Crippen molar-refractivity contribution >= 4 is 28.8 Å². The molecule has 7 heteroatoms. The lowest BCUT2D eigenvalue weighted by Gasteiger charge is -2.23. The Morgan fingerprint density at radius 3 is 2.30 bits per heavy atom. The van der Waals surface area contributed by atoms with Crippen molar-refractivity contribution in [2.24, 2.45) is 0 Å². The van der Waals surface area contributed by atoms with Crippen LogP contribution in [0.25, 0.3) is 0 Å². The van der Waals surface area contributed by atoms with Crippen molar-refractivity contribution in [2.45, 2.75) is 12.8 Å². The molecule has 0 unspecified atom stereocenters. The minimum atomic E-state index is -0.343. The molecule has 138 valence electrons. The van der Waals surface area contributed by atoms with Gasteiger partial charge in [0.25, 0.3) is 0 Å². The normalized spacial score (nSPS) is 15.7. The van der Waals surface area contributed by atoms with E-state index in [-0.39, 0.29) is 52.3 Å². The maximum Gasteiger partial charge on any atom is 0.222 e. The molecule has 0 aromatic heterocycles. The largest absolute Gasteiger partial charge is 0.489 e. The molecule has 0 spiro atoms. The Kier molecular flexibility index (Phi) is 4.07. The number of likely N-dealkylation sites (tertiary alicyclic amines) is 1. The van der Waals surface area contributed by atoms with Crippen molar-refractivity contribution in [1.82, 2.24) is 4.90 Å². The smallest absolute Gasteiger partial charge is 0.222 e. The van der Waals surface area contributed by atoms with Gasteiger partial charge in [0.15, 0.2) is 11.6 Å². The Balaban J connectivity index is 1.65. The zero-order valence-electron chi connectivity index (χ0n) is 14.7. The maximum absolute atomic E-state index is 12.9. The van der Waals surface area contributed by atoms with Crippen molar-refractivity contribution < 1.29 is 19.1 Å². The first-order valence-corrected chi connectivity index (χ1v) is 8.80. The molecule has 0 bridgehead atoms. The zero-order chi connectivity index (χ0) is 19.1. The SMILES string of the molecule is Nc1cc(OCCN2CCCC2=O)c(N)c2c1C(=O)c1ccccc1C2=O.